The van der Waals surface area contributed by atoms with Gasteiger partial charge in [0.05, 0.1) is 5.52 Å². The van der Waals surface area contributed by atoms with Gasteiger partial charge in [-0.05, 0) is 90.0 Å². The number of aromatic nitrogens is 1. The smallest absolute Gasteiger partial charge is 0.0737 e. The molecule has 4 aromatic rings. The second-order valence-corrected chi connectivity index (χ2v) is 10.8. The Morgan fingerprint density at radius 1 is 0.912 bits per heavy atom. The van der Waals surface area contributed by atoms with Crippen molar-refractivity contribution in [2.24, 2.45) is 0 Å². The highest BCUT2D eigenvalue weighted by Crippen LogP contribution is 2.33. The summed E-state index contributed by atoms with van der Waals surface area (Å²) < 4.78 is 0. The quantitative estimate of drug-likeness (QED) is 0.319. The molecule has 0 radical (unpaired) electrons. The molecule has 1 saturated heterocycles. The van der Waals surface area contributed by atoms with Gasteiger partial charge in [0.15, 0.2) is 0 Å². The number of pyridine rings is 1. The Labute approximate surface area is 207 Å². The van der Waals surface area contributed by atoms with Crippen LogP contribution in [0.25, 0.3) is 22.0 Å². The van der Waals surface area contributed by atoms with Crippen molar-refractivity contribution < 1.29 is 0 Å². The summed E-state index contributed by atoms with van der Waals surface area (Å²) in [6.07, 6.45) is 4.41. The van der Waals surface area contributed by atoms with Gasteiger partial charge in [0.25, 0.3) is 0 Å². The zero-order valence-electron chi connectivity index (χ0n) is 20.2. The lowest BCUT2D eigenvalue weighted by Gasteiger charge is -2.21. The maximum atomic E-state index is 6.18. The minimum absolute atomic E-state index is 0.155. The molecule has 1 aromatic heterocycles. The molecule has 5 rings (SSSR count). The zero-order chi connectivity index (χ0) is 23.7. The molecular weight excluding hydrogens is 438 g/mol. The lowest BCUT2D eigenvalue weighted by atomic mass is 9.86. The molecule has 1 fully saturated rings. The molecule has 0 spiro atoms. The average molecular weight is 470 g/mol. The van der Waals surface area contributed by atoms with E-state index in [1.165, 1.54) is 48.2 Å². The van der Waals surface area contributed by atoms with Crippen LogP contribution in [0.4, 0.5) is 11.4 Å². The van der Waals surface area contributed by atoms with Crippen molar-refractivity contribution in [2.75, 3.05) is 18.4 Å². The summed E-state index contributed by atoms with van der Waals surface area (Å²) in [5.41, 5.74) is 8.48. The molecule has 3 nitrogen and oxygen atoms in total. The molecule has 34 heavy (non-hydrogen) atoms. The highest BCUT2D eigenvalue weighted by atomic mass is 35.5. The van der Waals surface area contributed by atoms with Crippen LogP contribution in [0.3, 0.4) is 0 Å². The second-order valence-electron chi connectivity index (χ2n) is 10.3. The first-order chi connectivity index (χ1) is 16.4. The van der Waals surface area contributed by atoms with E-state index < -0.39 is 0 Å². The summed E-state index contributed by atoms with van der Waals surface area (Å²) >= 11 is 6.18. The fraction of sp³-hybridized carbons (Fsp3) is 0.300. The van der Waals surface area contributed by atoms with E-state index in [1.54, 1.807) is 0 Å². The number of likely N-dealkylation sites (tertiary alicyclic amines) is 1. The van der Waals surface area contributed by atoms with Gasteiger partial charge in [-0.25, -0.2) is 0 Å². The predicted molar refractivity (Wildman–Crippen MR) is 145 cm³/mol. The Kier molecular flexibility index (Phi) is 6.33. The first-order valence-electron chi connectivity index (χ1n) is 12.1. The third-order valence-electron chi connectivity index (χ3n) is 6.74. The molecule has 0 atom stereocenters. The topological polar surface area (TPSA) is 28.2 Å². The summed E-state index contributed by atoms with van der Waals surface area (Å²) in [7, 11) is 0. The molecule has 3 aromatic carbocycles. The maximum Gasteiger partial charge on any atom is 0.0737 e. The van der Waals surface area contributed by atoms with Gasteiger partial charge in [0, 0.05) is 34.5 Å². The van der Waals surface area contributed by atoms with Crippen LogP contribution in [0.1, 0.15) is 44.7 Å². The molecule has 1 N–H and O–H groups in total. The fourth-order valence-electron chi connectivity index (χ4n) is 4.80. The largest absolute Gasteiger partial charge is 0.355 e. The monoisotopic (exact) mass is 469 g/mol. The van der Waals surface area contributed by atoms with Crippen LogP contribution < -0.4 is 5.32 Å². The van der Waals surface area contributed by atoms with Gasteiger partial charge in [0.2, 0.25) is 0 Å². The first-order valence-corrected chi connectivity index (χ1v) is 12.5. The molecule has 1 aliphatic rings. The molecular formula is C30H32ClN3. The molecule has 0 saturated carbocycles. The number of hydrogen-bond acceptors (Lipinski definition) is 3. The van der Waals surface area contributed by atoms with Crippen LogP contribution in [-0.2, 0) is 12.0 Å². The Bertz CT molecular complexity index is 1300. The standard InChI is InChI=1S/C30H32ClN3/c1-30(2,3)23-8-6-21(7-9-23)26-13-11-25(18-22(26)20-34-16-4-5-17-34)33-28-14-15-32-29-19-24(31)10-12-27(28)29/h6-15,18-19H,4-5,16-17,20H2,1-3H3,(H,32,33). The van der Waals surface area contributed by atoms with Crippen molar-refractivity contribution in [3.05, 3.63) is 89.1 Å². The maximum absolute atomic E-state index is 6.18. The molecule has 0 unspecified atom stereocenters. The Morgan fingerprint density at radius 2 is 1.68 bits per heavy atom. The number of hydrogen-bond donors (Lipinski definition) is 1. The zero-order valence-corrected chi connectivity index (χ0v) is 21.0. The van der Waals surface area contributed by atoms with E-state index in [2.05, 4.69) is 78.4 Å². The van der Waals surface area contributed by atoms with Crippen molar-refractivity contribution in [1.29, 1.82) is 0 Å². The second kappa shape index (κ2) is 9.40. The first kappa shape index (κ1) is 22.9. The summed E-state index contributed by atoms with van der Waals surface area (Å²) in [5.74, 6) is 0. The van der Waals surface area contributed by atoms with Crippen LogP contribution in [0.5, 0.6) is 0 Å². The number of nitrogens with one attached hydrogen (secondary N) is 1. The van der Waals surface area contributed by atoms with Crippen LogP contribution in [0.2, 0.25) is 5.02 Å². The fourth-order valence-corrected chi connectivity index (χ4v) is 4.97. The van der Waals surface area contributed by atoms with E-state index in [9.17, 15) is 0 Å². The van der Waals surface area contributed by atoms with E-state index in [0.29, 0.717) is 5.02 Å². The van der Waals surface area contributed by atoms with E-state index in [-0.39, 0.29) is 5.41 Å². The molecule has 0 amide bonds. The molecule has 1 aliphatic heterocycles. The van der Waals surface area contributed by atoms with Crippen molar-refractivity contribution in [2.45, 2.75) is 45.6 Å². The highest BCUT2D eigenvalue weighted by molar-refractivity contribution is 6.31. The van der Waals surface area contributed by atoms with E-state index in [0.717, 1.165) is 28.8 Å². The van der Waals surface area contributed by atoms with E-state index in [1.807, 2.05) is 30.5 Å². The van der Waals surface area contributed by atoms with E-state index in [4.69, 9.17) is 11.6 Å². The number of anilines is 2. The van der Waals surface area contributed by atoms with Crippen LogP contribution in [0, 0.1) is 0 Å². The van der Waals surface area contributed by atoms with Gasteiger partial charge in [-0.1, -0.05) is 62.7 Å². The van der Waals surface area contributed by atoms with E-state index >= 15 is 0 Å². The average Bonchev–Trinajstić information content (AvgIpc) is 3.32. The number of nitrogens with zero attached hydrogens (tertiary/aromatic N) is 2. The SMILES string of the molecule is CC(C)(C)c1ccc(-c2ccc(Nc3ccnc4cc(Cl)ccc34)cc2CN2CCCC2)cc1. The Hall–Kier alpha value is -2.88. The van der Waals surface area contributed by atoms with Gasteiger partial charge < -0.3 is 5.32 Å². The minimum Gasteiger partial charge on any atom is -0.355 e. The third kappa shape index (κ3) is 4.96. The predicted octanol–water partition coefficient (Wildman–Crippen LogP) is 8.19. The highest BCUT2D eigenvalue weighted by Gasteiger charge is 2.17. The van der Waals surface area contributed by atoms with Crippen LogP contribution in [-0.4, -0.2) is 23.0 Å². The van der Waals surface area contributed by atoms with Crippen LogP contribution >= 0.6 is 11.6 Å². The van der Waals surface area contributed by atoms with Gasteiger partial charge >= 0.3 is 0 Å². The van der Waals surface area contributed by atoms with Gasteiger partial charge in [-0.15, -0.1) is 0 Å². The molecule has 0 aliphatic carbocycles. The summed E-state index contributed by atoms with van der Waals surface area (Å²) in [6.45, 7) is 10.1. The van der Waals surface area contributed by atoms with Crippen molar-refractivity contribution in [3.8, 4) is 11.1 Å². The van der Waals surface area contributed by atoms with Crippen molar-refractivity contribution in [3.63, 3.8) is 0 Å². The molecule has 0 bridgehead atoms. The summed E-state index contributed by atoms with van der Waals surface area (Å²) in [6, 6.07) is 23.7. The normalized spacial score (nSPS) is 14.6. The molecule has 4 heteroatoms. The number of benzene rings is 3. The lowest BCUT2D eigenvalue weighted by molar-refractivity contribution is 0.332. The summed E-state index contributed by atoms with van der Waals surface area (Å²) in [4.78, 5) is 7.04. The Balaban J connectivity index is 1.50. The Morgan fingerprint density at radius 3 is 2.41 bits per heavy atom. The lowest BCUT2D eigenvalue weighted by Crippen LogP contribution is -2.19. The number of halogens is 1. The van der Waals surface area contributed by atoms with Gasteiger partial charge in [-0.3, -0.25) is 9.88 Å². The van der Waals surface area contributed by atoms with Crippen LogP contribution in [0.15, 0.2) is 72.9 Å². The number of fused-ring (bicyclic) bond motifs is 1. The summed E-state index contributed by atoms with van der Waals surface area (Å²) in [5, 5.41) is 5.40. The van der Waals surface area contributed by atoms with Crippen molar-refractivity contribution >= 4 is 33.9 Å². The molecule has 174 valence electrons. The third-order valence-corrected chi connectivity index (χ3v) is 6.98. The van der Waals surface area contributed by atoms with Crippen molar-refractivity contribution in [1.82, 2.24) is 9.88 Å². The molecule has 2 heterocycles. The minimum atomic E-state index is 0.155. The van der Waals surface area contributed by atoms with Gasteiger partial charge in [-0.2, -0.15) is 0 Å². The van der Waals surface area contributed by atoms with Gasteiger partial charge in [0.1, 0.15) is 0 Å². The number of rotatable bonds is 5.